The highest BCUT2D eigenvalue weighted by atomic mass is 35.5. The number of amides is 1. The second-order valence-electron chi connectivity index (χ2n) is 11.3. The number of nitrogens with zero attached hydrogens (tertiary/aromatic N) is 5. The fourth-order valence-electron chi connectivity index (χ4n) is 5.64. The van der Waals surface area contributed by atoms with Crippen molar-refractivity contribution in [3.8, 4) is 11.5 Å². The molecule has 13 heteroatoms. The van der Waals surface area contributed by atoms with E-state index in [1.807, 2.05) is 53.9 Å². The minimum absolute atomic E-state index is 0.108. The standard InChI is InChI=1S/C35H34ClN5O5S2/c1-5-6-9-17-46-25-15-14-22(18-26(25)45-4)29-27(30(42)28-21(3)40-16-10-11-20(2)32(40)37-28)31(43)33(44)41(29)34-38-39-35(48-34)47-19-23-12-7-8-13-24(23)36/h7-8,10-16,18,29,42H,5-6,9,17,19H2,1-4H3. The van der Waals surface area contributed by atoms with Gasteiger partial charge in [-0.1, -0.05) is 84.8 Å². The van der Waals surface area contributed by atoms with E-state index in [0.717, 1.165) is 30.4 Å². The minimum atomic E-state index is -1.05. The second kappa shape index (κ2) is 14.4. The third-order valence-electron chi connectivity index (χ3n) is 8.17. The summed E-state index contributed by atoms with van der Waals surface area (Å²) in [5.74, 6) is -0.558. The number of ether oxygens (including phenoxy) is 2. The fourth-order valence-corrected chi connectivity index (χ4v) is 7.79. The lowest BCUT2D eigenvalue weighted by molar-refractivity contribution is -0.132. The largest absolute Gasteiger partial charge is 0.505 e. The lowest BCUT2D eigenvalue weighted by Crippen LogP contribution is -2.29. The molecule has 1 saturated heterocycles. The number of Topliss-reactive ketones (excluding diaryl/α,β-unsaturated/α-hetero) is 1. The smallest absolute Gasteiger partial charge is 0.301 e. The molecule has 1 unspecified atom stereocenters. The summed E-state index contributed by atoms with van der Waals surface area (Å²) in [7, 11) is 1.53. The molecule has 0 aliphatic carbocycles. The van der Waals surface area contributed by atoms with Gasteiger partial charge in [0.25, 0.3) is 5.78 Å². The van der Waals surface area contributed by atoms with Crippen LogP contribution in [-0.4, -0.2) is 50.1 Å². The van der Waals surface area contributed by atoms with Gasteiger partial charge in [-0.2, -0.15) is 0 Å². The normalized spacial score (nSPS) is 15.9. The number of pyridine rings is 1. The number of aryl methyl sites for hydroxylation is 2. The van der Waals surface area contributed by atoms with Gasteiger partial charge in [-0.15, -0.1) is 10.2 Å². The molecule has 1 N–H and O–H groups in total. The Labute approximate surface area is 291 Å². The number of carbonyl (C=O) groups excluding carboxylic acids is 2. The molecule has 0 spiro atoms. The summed E-state index contributed by atoms with van der Waals surface area (Å²) in [6, 6.07) is 15.5. The number of aliphatic hydroxyl groups excluding tert-OH is 1. The Morgan fingerprint density at radius 3 is 2.62 bits per heavy atom. The van der Waals surface area contributed by atoms with Crippen LogP contribution in [0.1, 0.15) is 60.3 Å². The Balaban J connectivity index is 1.44. The highest BCUT2D eigenvalue weighted by Crippen LogP contribution is 2.46. The molecule has 0 radical (unpaired) electrons. The number of aliphatic hydroxyl groups is 1. The zero-order chi connectivity index (χ0) is 33.9. The molecular formula is C35H34ClN5O5S2. The number of halogens is 1. The molecule has 4 heterocycles. The number of fused-ring (bicyclic) bond motifs is 1. The molecule has 2 aromatic carbocycles. The van der Waals surface area contributed by atoms with Crippen molar-refractivity contribution in [2.24, 2.45) is 0 Å². The Kier molecular flexibility index (Phi) is 10.0. The van der Waals surface area contributed by atoms with Gasteiger partial charge in [0.1, 0.15) is 11.3 Å². The number of anilines is 1. The first-order valence-electron chi connectivity index (χ1n) is 15.5. The summed E-state index contributed by atoms with van der Waals surface area (Å²) in [5.41, 5.74) is 3.71. The maximum absolute atomic E-state index is 13.9. The monoisotopic (exact) mass is 703 g/mol. The van der Waals surface area contributed by atoms with E-state index in [0.29, 0.717) is 50.1 Å². The number of hydrogen-bond donors (Lipinski definition) is 1. The number of hydrogen-bond acceptors (Lipinski definition) is 10. The van der Waals surface area contributed by atoms with Crippen LogP contribution in [0.25, 0.3) is 11.4 Å². The zero-order valence-electron chi connectivity index (χ0n) is 26.9. The van der Waals surface area contributed by atoms with Gasteiger partial charge in [0.15, 0.2) is 21.6 Å². The highest BCUT2D eigenvalue weighted by Gasteiger charge is 2.49. The van der Waals surface area contributed by atoms with Crippen LogP contribution in [0, 0.1) is 13.8 Å². The summed E-state index contributed by atoms with van der Waals surface area (Å²) in [6.07, 6.45) is 4.84. The first kappa shape index (κ1) is 33.5. The van der Waals surface area contributed by atoms with Crippen molar-refractivity contribution in [1.29, 1.82) is 0 Å². The Morgan fingerprint density at radius 2 is 1.88 bits per heavy atom. The van der Waals surface area contributed by atoms with E-state index in [2.05, 4.69) is 17.1 Å². The van der Waals surface area contributed by atoms with Crippen molar-refractivity contribution in [2.75, 3.05) is 18.6 Å². The van der Waals surface area contributed by atoms with E-state index < -0.39 is 17.7 Å². The zero-order valence-corrected chi connectivity index (χ0v) is 29.3. The molecule has 3 aromatic heterocycles. The van der Waals surface area contributed by atoms with E-state index in [1.54, 1.807) is 25.1 Å². The van der Waals surface area contributed by atoms with Gasteiger partial charge in [-0.05, 0) is 61.2 Å². The number of carbonyl (C=O) groups is 2. The van der Waals surface area contributed by atoms with Crippen LogP contribution in [0.4, 0.5) is 5.13 Å². The number of unbranched alkanes of at least 4 members (excludes halogenated alkanes) is 2. The van der Waals surface area contributed by atoms with Gasteiger partial charge in [0.2, 0.25) is 5.13 Å². The predicted molar refractivity (Wildman–Crippen MR) is 188 cm³/mol. The molecule has 48 heavy (non-hydrogen) atoms. The topological polar surface area (TPSA) is 119 Å². The molecule has 10 nitrogen and oxygen atoms in total. The molecule has 1 atom stereocenters. The van der Waals surface area contributed by atoms with Crippen molar-refractivity contribution in [1.82, 2.24) is 19.6 Å². The molecule has 0 saturated carbocycles. The number of rotatable bonds is 12. The van der Waals surface area contributed by atoms with Crippen LogP contribution in [-0.2, 0) is 15.3 Å². The number of ketones is 1. The maximum Gasteiger partial charge on any atom is 0.301 e. The first-order valence-corrected chi connectivity index (χ1v) is 17.7. The molecule has 1 aliphatic rings. The van der Waals surface area contributed by atoms with Gasteiger partial charge in [-0.25, -0.2) is 4.98 Å². The molecule has 5 aromatic rings. The van der Waals surface area contributed by atoms with E-state index in [1.165, 1.54) is 35.1 Å². The van der Waals surface area contributed by atoms with Crippen molar-refractivity contribution in [3.05, 3.63) is 99.5 Å². The summed E-state index contributed by atoms with van der Waals surface area (Å²) in [5, 5.41) is 21.4. The van der Waals surface area contributed by atoms with E-state index in [4.69, 9.17) is 26.1 Å². The molecular weight excluding hydrogens is 670 g/mol. The van der Waals surface area contributed by atoms with Gasteiger partial charge in [0.05, 0.1) is 31.0 Å². The lowest BCUT2D eigenvalue weighted by atomic mass is 9.96. The van der Waals surface area contributed by atoms with E-state index in [-0.39, 0.29) is 22.2 Å². The van der Waals surface area contributed by atoms with E-state index in [9.17, 15) is 14.7 Å². The van der Waals surface area contributed by atoms with Gasteiger partial charge < -0.3 is 19.0 Å². The van der Waals surface area contributed by atoms with Crippen molar-refractivity contribution in [3.63, 3.8) is 0 Å². The number of aromatic nitrogens is 4. The van der Waals surface area contributed by atoms with Crippen LogP contribution >= 0.6 is 34.7 Å². The second-order valence-corrected chi connectivity index (χ2v) is 13.9. The number of imidazole rings is 1. The SMILES string of the molecule is CCCCCOc1ccc(C2C(=C(O)c3nc4c(C)cccn4c3C)C(=O)C(=O)N2c2nnc(SCc3ccccc3Cl)s2)cc1OC. The fraction of sp³-hybridized carbons (Fsp3) is 0.286. The lowest BCUT2D eigenvalue weighted by Gasteiger charge is -2.23. The number of thioether (sulfide) groups is 1. The van der Waals surface area contributed by atoms with Gasteiger partial charge in [0, 0.05) is 17.0 Å². The molecule has 6 rings (SSSR count). The number of methoxy groups -OCH3 is 1. The van der Waals surface area contributed by atoms with Crippen LogP contribution in [0.15, 0.2) is 70.7 Å². The van der Waals surface area contributed by atoms with Crippen molar-refractivity contribution >= 4 is 62.9 Å². The molecule has 248 valence electrons. The van der Waals surface area contributed by atoms with E-state index >= 15 is 0 Å². The van der Waals surface area contributed by atoms with Crippen LogP contribution in [0.2, 0.25) is 5.02 Å². The summed E-state index contributed by atoms with van der Waals surface area (Å²) < 4.78 is 14.1. The number of benzene rings is 2. The van der Waals surface area contributed by atoms with Crippen LogP contribution < -0.4 is 14.4 Å². The van der Waals surface area contributed by atoms with Gasteiger partial charge in [-0.3, -0.25) is 14.5 Å². The first-order chi connectivity index (χ1) is 23.2. The average Bonchev–Trinajstić information content (AvgIpc) is 3.77. The molecule has 0 bridgehead atoms. The third-order valence-corrected chi connectivity index (χ3v) is 10.6. The van der Waals surface area contributed by atoms with Crippen molar-refractivity contribution in [2.45, 2.75) is 56.2 Å². The molecule has 1 fully saturated rings. The molecule has 1 aliphatic heterocycles. The Morgan fingerprint density at radius 1 is 1.06 bits per heavy atom. The minimum Gasteiger partial charge on any atom is -0.505 e. The summed E-state index contributed by atoms with van der Waals surface area (Å²) in [6.45, 7) is 6.37. The van der Waals surface area contributed by atoms with Crippen molar-refractivity contribution < 1.29 is 24.2 Å². The maximum atomic E-state index is 13.9. The summed E-state index contributed by atoms with van der Waals surface area (Å²) >= 11 is 8.95. The van der Waals surface area contributed by atoms with Gasteiger partial charge >= 0.3 is 5.91 Å². The third kappa shape index (κ3) is 6.39. The quantitative estimate of drug-likeness (QED) is 0.0345. The van der Waals surface area contributed by atoms with Crippen LogP contribution in [0.5, 0.6) is 11.5 Å². The predicted octanol–water partition coefficient (Wildman–Crippen LogP) is 7.95. The summed E-state index contributed by atoms with van der Waals surface area (Å²) in [4.78, 5) is 33.7. The van der Waals surface area contributed by atoms with Crippen LogP contribution in [0.3, 0.4) is 0 Å². The average molecular weight is 704 g/mol. The molecule has 1 amide bonds. The Bertz CT molecular complexity index is 2040. The Hall–Kier alpha value is -4.39. The highest BCUT2D eigenvalue weighted by molar-refractivity contribution is 8.00.